The predicted octanol–water partition coefficient (Wildman–Crippen LogP) is 3.14. The van der Waals surface area contributed by atoms with E-state index in [1.807, 2.05) is 0 Å². The number of hydrogen-bond acceptors (Lipinski definition) is 6. The first kappa shape index (κ1) is 18.5. The molecule has 2 aromatic rings. The van der Waals surface area contributed by atoms with Gasteiger partial charge in [0.2, 0.25) is 0 Å². The second-order valence-electron chi connectivity index (χ2n) is 5.12. The molecule has 0 amide bonds. The van der Waals surface area contributed by atoms with Crippen molar-refractivity contribution in [2.75, 3.05) is 35.0 Å². The van der Waals surface area contributed by atoms with Gasteiger partial charge in [0.25, 0.3) is 0 Å². The van der Waals surface area contributed by atoms with Crippen LogP contribution < -0.4 is 18.9 Å². The fraction of sp³-hybridized carbons (Fsp3) is 0.263. The van der Waals surface area contributed by atoms with Crippen LogP contribution in [0, 0.1) is 0 Å². The summed E-state index contributed by atoms with van der Waals surface area (Å²) in [5.74, 6) is 2.04. The minimum Gasteiger partial charge on any atom is -0.507 e. The van der Waals surface area contributed by atoms with Gasteiger partial charge < -0.3 is 29.2 Å². The summed E-state index contributed by atoms with van der Waals surface area (Å²) in [5, 5.41) is 20.4. The zero-order valence-electron chi connectivity index (χ0n) is 14.7. The van der Waals surface area contributed by atoms with Gasteiger partial charge in [0.1, 0.15) is 5.76 Å². The van der Waals surface area contributed by atoms with Crippen molar-refractivity contribution >= 4 is 11.3 Å². The Kier molecular flexibility index (Phi) is 6.14. The summed E-state index contributed by atoms with van der Waals surface area (Å²) in [4.78, 5) is 0. The number of aliphatic hydroxyl groups excluding tert-OH is 2. The van der Waals surface area contributed by atoms with Gasteiger partial charge in [-0.25, -0.2) is 0 Å². The number of hydrogen-bond donors (Lipinski definition) is 2. The average Bonchev–Trinajstić information content (AvgIpc) is 2.67. The van der Waals surface area contributed by atoms with Crippen LogP contribution in [0.3, 0.4) is 0 Å². The first-order chi connectivity index (χ1) is 12.1. The van der Waals surface area contributed by atoms with Crippen molar-refractivity contribution in [3.8, 4) is 23.0 Å². The zero-order chi connectivity index (χ0) is 18.4. The SMILES string of the molecule is COc1ccc(/C(O)=C(\CO)c2ccc(OC)c(OC)c2)cc1OC. The maximum atomic E-state index is 10.7. The Hall–Kier alpha value is -2.86. The van der Waals surface area contributed by atoms with Gasteiger partial charge in [0, 0.05) is 11.1 Å². The van der Waals surface area contributed by atoms with E-state index in [2.05, 4.69) is 0 Å². The van der Waals surface area contributed by atoms with Gasteiger partial charge in [0.05, 0.1) is 35.0 Å². The third-order valence-electron chi connectivity index (χ3n) is 3.83. The molecule has 0 aliphatic rings. The summed E-state index contributed by atoms with van der Waals surface area (Å²) in [5.41, 5.74) is 1.47. The van der Waals surface area contributed by atoms with Crippen LogP contribution in [0.4, 0.5) is 0 Å². The van der Waals surface area contributed by atoms with E-state index in [0.29, 0.717) is 39.7 Å². The summed E-state index contributed by atoms with van der Waals surface area (Å²) in [6, 6.07) is 10.2. The Morgan fingerprint density at radius 1 is 0.720 bits per heavy atom. The van der Waals surface area contributed by atoms with Gasteiger partial charge in [-0.3, -0.25) is 0 Å². The first-order valence-electron chi connectivity index (χ1n) is 7.57. The first-order valence-corrected chi connectivity index (χ1v) is 7.57. The minimum absolute atomic E-state index is 0.0596. The fourth-order valence-electron chi connectivity index (χ4n) is 2.48. The number of benzene rings is 2. The lowest BCUT2D eigenvalue weighted by molar-refractivity contribution is 0.346. The van der Waals surface area contributed by atoms with E-state index in [1.165, 1.54) is 21.3 Å². The molecule has 2 aromatic carbocycles. The molecule has 0 fully saturated rings. The molecule has 0 aliphatic heterocycles. The van der Waals surface area contributed by atoms with Crippen LogP contribution in [0.2, 0.25) is 0 Å². The van der Waals surface area contributed by atoms with Crippen LogP contribution in [0.1, 0.15) is 11.1 Å². The molecule has 0 aromatic heterocycles. The van der Waals surface area contributed by atoms with E-state index < -0.39 is 0 Å². The molecule has 0 unspecified atom stereocenters. The van der Waals surface area contributed by atoms with E-state index in [1.54, 1.807) is 43.5 Å². The predicted molar refractivity (Wildman–Crippen MR) is 95.6 cm³/mol. The van der Waals surface area contributed by atoms with Gasteiger partial charge >= 0.3 is 0 Å². The Balaban J connectivity index is 2.54. The second kappa shape index (κ2) is 8.30. The normalized spacial score (nSPS) is 11.6. The molecule has 2 N–H and O–H groups in total. The standard InChI is InChI=1S/C19H22O6/c1-22-15-7-5-12(9-17(15)24-3)14(11-20)19(21)13-6-8-16(23-2)18(10-13)25-4/h5-10,20-21H,11H2,1-4H3/b19-14-. The lowest BCUT2D eigenvalue weighted by atomic mass is 10.0. The van der Waals surface area contributed by atoms with Crippen molar-refractivity contribution in [3.63, 3.8) is 0 Å². The summed E-state index contributed by atoms with van der Waals surface area (Å²) in [6.07, 6.45) is 0. The van der Waals surface area contributed by atoms with E-state index in [-0.39, 0.29) is 12.4 Å². The van der Waals surface area contributed by atoms with Crippen LogP contribution in [0.25, 0.3) is 11.3 Å². The Morgan fingerprint density at radius 2 is 1.16 bits per heavy atom. The lowest BCUT2D eigenvalue weighted by Gasteiger charge is -2.14. The van der Waals surface area contributed by atoms with Crippen LogP contribution in [-0.2, 0) is 0 Å². The average molecular weight is 346 g/mol. The number of rotatable bonds is 7. The highest BCUT2D eigenvalue weighted by Crippen LogP contribution is 2.35. The van der Waals surface area contributed by atoms with Crippen molar-refractivity contribution in [3.05, 3.63) is 47.5 Å². The summed E-state index contributed by atoms with van der Waals surface area (Å²) >= 11 is 0. The Labute approximate surface area is 146 Å². The molecule has 0 saturated heterocycles. The second-order valence-corrected chi connectivity index (χ2v) is 5.12. The Morgan fingerprint density at radius 3 is 1.60 bits per heavy atom. The van der Waals surface area contributed by atoms with Gasteiger partial charge in [-0.15, -0.1) is 0 Å². The quantitative estimate of drug-likeness (QED) is 0.592. The van der Waals surface area contributed by atoms with Crippen LogP contribution in [0.5, 0.6) is 23.0 Å². The lowest BCUT2D eigenvalue weighted by Crippen LogP contribution is -1.99. The van der Waals surface area contributed by atoms with E-state index >= 15 is 0 Å². The largest absolute Gasteiger partial charge is 0.507 e. The molecule has 0 bridgehead atoms. The molecular formula is C19H22O6. The maximum Gasteiger partial charge on any atom is 0.161 e. The van der Waals surface area contributed by atoms with Crippen LogP contribution in [-0.4, -0.2) is 45.3 Å². The minimum atomic E-state index is -0.352. The Bertz CT molecular complexity index is 767. The highest BCUT2D eigenvalue weighted by Gasteiger charge is 2.15. The third-order valence-corrected chi connectivity index (χ3v) is 3.83. The molecule has 0 saturated carbocycles. The fourth-order valence-corrected chi connectivity index (χ4v) is 2.48. The molecule has 0 aliphatic carbocycles. The number of ether oxygens (including phenoxy) is 4. The maximum absolute atomic E-state index is 10.7. The molecule has 25 heavy (non-hydrogen) atoms. The number of methoxy groups -OCH3 is 4. The van der Waals surface area contributed by atoms with Gasteiger partial charge in [-0.2, -0.15) is 0 Å². The van der Waals surface area contributed by atoms with Crippen molar-refractivity contribution in [2.24, 2.45) is 0 Å². The van der Waals surface area contributed by atoms with Crippen LogP contribution >= 0.6 is 0 Å². The molecular weight excluding hydrogens is 324 g/mol. The summed E-state index contributed by atoms with van der Waals surface area (Å²) < 4.78 is 20.9. The molecule has 0 atom stereocenters. The van der Waals surface area contributed by atoms with Crippen molar-refractivity contribution in [1.82, 2.24) is 0 Å². The summed E-state index contributed by atoms with van der Waals surface area (Å²) in [6.45, 7) is -0.352. The van der Waals surface area contributed by atoms with Gasteiger partial charge in [-0.1, -0.05) is 6.07 Å². The molecule has 6 heteroatoms. The van der Waals surface area contributed by atoms with Gasteiger partial charge in [-0.05, 0) is 35.9 Å². The summed E-state index contributed by atoms with van der Waals surface area (Å²) in [7, 11) is 6.12. The highest BCUT2D eigenvalue weighted by molar-refractivity contribution is 5.88. The van der Waals surface area contributed by atoms with Crippen LogP contribution in [0.15, 0.2) is 36.4 Å². The smallest absolute Gasteiger partial charge is 0.161 e. The topological polar surface area (TPSA) is 77.4 Å². The van der Waals surface area contributed by atoms with E-state index in [9.17, 15) is 10.2 Å². The van der Waals surface area contributed by atoms with Crippen molar-refractivity contribution in [2.45, 2.75) is 0 Å². The molecule has 6 nitrogen and oxygen atoms in total. The monoisotopic (exact) mass is 346 g/mol. The molecule has 0 heterocycles. The third kappa shape index (κ3) is 3.80. The molecule has 2 rings (SSSR count). The molecule has 0 spiro atoms. The highest BCUT2D eigenvalue weighted by atomic mass is 16.5. The van der Waals surface area contributed by atoms with Gasteiger partial charge in [0.15, 0.2) is 23.0 Å². The van der Waals surface area contributed by atoms with Crippen molar-refractivity contribution in [1.29, 1.82) is 0 Å². The van der Waals surface area contributed by atoms with E-state index in [4.69, 9.17) is 18.9 Å². The zero-order valence-corrected chi connectivity index (χ0v) is 14.7. The van der Waals surface area contributed by atoms with Crippen molar-refractivity contribution < 1.29 is 29.2 Å². The number of aliphatic hydroxyl groups is 2. The molecule has 0 radical (unpaired) electrons. The molecule has 134 valence electrons. The van der Waals surface area contributed by atoms with E-state index in [0.717, 1.165) is 0 Å².